The molecule has 3 aromatic carbocycles. The molecule has 0 radical (unpaired) electrons. The molecular formula is C30H33NO5. The highest BCUT2D eigenvalue weighted by Crippen LogP contribution is 2.47. The molecule has 2 atom stereocenters. The number of nitrogens with zero attached hydrogens (tertiary/aromatic N) is 1. The van der Waals surface area contributed by atoms with Gasteiger partial charge in [0, 0.05) is 29.0 Å². The van der Waals surface area contributed by atoms with Crippen molar-refractivity contribution in [2.24, 2.45) is 5.41 Å². The lowest BCUT2D eigenvalue weighted by Crippen LogP contribution is -2.43. The molecule has 0 saturated carbocycles. The van der Waals surface area contributed by atoms with Gasteiger partial charge in [0.1, 0.15) is 42.3 Å². The Balaban J connectivity index is 1.37. The van der Waals surface area contributed by atoms with Crippen LogP contribution in [0.3, 0.4) is 0 Å². The first-order valence-electron chi connectivity index (χ1n) is 12.4. The zero-order valence-electron chi connectivity index (χ0n) is 21.0. The van der Waals surface area contributed by atoms with Crippen LogP contribution < -0.4 is 9.47 Å². The normalized spacial score (nSPS) is 22.7. The van der Waals surface area contributed by atoms with E-state index < -0.39 is 6.10 Å². The van der Waals surface area contributed by atoms with E-state index in [1.165, 1.54) is 0 Å². The number of ether oxygens (including phenoxy) is 2. The molecule has 2 unspecified atom stereocenters. The van der Waals surface area contributed by atoms with Gasteiger partial charge in [-0.1, -0.05) is 38.1 Å². The molecule has 3 aromatic rings. The Labute approximate surface area is 212 Å². The van der Waals surface area contributed by atoms with E-state index in [-0.39, 0.29) is 21.6 Å². The fourth-order valence-corrected chi connectivity index (χ4v) is 5.39. The van der Waals surface area contributed by atoms with Crippen LogP contribution >= 0.6 is 0 Å². The second-order valence-electron chi connectivity index (χ2n) is 10.8. The average molecular weight is 488 g/mol. The van der Waals surface area contributed by atoms with Crippen molar-refractivity contribution < 1.29 is 24.3 Å². The quantitative estimate of drug-likeness (QED) is 0.316. The van der Waals surface area contributed by atoms with Gasteiger partial charge in [-0.25, -0.2) is 0 Å². The Morgan fingerprint density at radius 3 is 2.36 bits per heavy atom. The van der Waals surface area contributed by atoms with Crippen molar-refractivity contribution >= 4 is 11.1 Å². The van der Waals surface area contributed by atoms with E-state index in [1.54, 1.807) is 24.3 Å². The van der Waals surface area contributed by atoms with Gasteiger partial charge in [-0.15, -0.1) is 0 Å². The van der Waals surface area contributed by atoms with Crippen molar-refractivity contribution in [2.45, 2.75) is 33.3 Å². The number of allylic oxidation sites excluding steroid dienone is 1. The Kier molecular flexibility index (Phi) is 6.18. The third kappa shape index (κ3) is 4.92. The Bertz CT molecular complexity index is 1280. The summed E-state index contributed by atoms with van der Waals surface area (Å²) >= 11 is 0. The van der Waals surface area contributed by atoms with Crippen molar-refractivity contribution in [3.05, 3.63) is 88.6 Å². The molecule has 1 saturated heterocycles. The third-order valence-corrected chi connectivity index (χ3v) is 7.32. The van der Waals surface area contributed by atoms with Crippen LogP contribution in [-0.2, 0) is 0 Å². The van der Waals surface area contributed by atoms with E-state index in [2.05, 4.69) is 13.8 Å². The Morgan fingerprint density at radius 1 is 1.00 bits per heavy atom. The van der Waals surface area contributed by atoms with E-state index in [4.69, 9.17) is 9.47 Å². The lowest BCUT2D eigenvalue weighted by molar-refractivity contribution is -0.871. The van der Waals surface area contributed by atoms with E-state index >= 15 is 0 Å². The number of hydrogen-bond acceptors (Lipinski definition) is 5. The minimum atomic E-state index is -0.403. The molecule has 6 nitrogen and oxygen atoms in total. The number of rotatable bonds is 6. The zero-order chi connectivity index (χ0) is 25.5. The van der Waals surface area contributed by atoms with Crippen molar-refractivity contribution in [1.29, 1.82) is 0 Å². The second-order valence-corrected chi connectivity index (χ2v) is 10.8. The summed E-state index contributed by atoms with van der Waals surface area (Å²) in [5.74, 6) is 1.69. The minimum Gasteiger partial charge on any atom is -0.633 e. The molecule has 2 heterocycles. The predicted molar refractivity (Wildman–Crippen MR) is 141 cm³/mol. The number of likely N-dealkylation sites (tertiary alicyclic amines) is 1. The van der Waals surface area contributed by atoms with Crippen molar-refractivity contribution in [3.8, 4) is 23.0 Å². The maximum atomic E-state index is 12.9. The van der Waals surface area contributed by atoms with E-state index in [1.807, 2.05) is 49.4 Å². The first-order chi connectivity index (χ1) is 17.1. The van der Waals surface area contributed by atoms with E-state index in [0.717, 1.165) is 34.3 Å². The van der Waals surface area contributed by atoms with Crippen LogP contribution in [0.4, 0.5) is 0 Å². The minimum absolute atomic E-state index is 0.0969. The van der Waals surface area contributed by atoms with E-state index in [0.29, 0.717) is 37.7 Å². The number of phenols is 2. The first-order valence-corrected chi connectivity index (χ1v) is 12.4. The zero-order valence-corrected chi connectivity index (χ0v) is 21.0. The predicted octanol–water partition coefficient (Wildman–Crippen LogP) is 6.29. The molecule has 5 rings (SSSR count). The lowest BCUT2D eigenvalue weighted by atomic mass is 9.86. The monoisotopic (exact) mass is 487 g/mol. The molecule has 2 aliphatic heterocycles. The molecular weight excluding hydrogens is 454 g/mol. The molecule has 1 fully saturated rings. The number of quaternary nitrogens is 1. The van der Waals surface area contributed by atoms with Gasteiger partial charge in [0.2, 0.25) is 0 Å². The molecule has 0 aromatic heterocycles. The standard InChI is InChI=1S/C30H33NO5/c1-20-26-13-10-24(33)18-27(26)36-29(28(20)21-4-8-23(32)9-5-21)22-6-11-25(12-7-22)35-17-16-31(34)15-14-30(2,3)19-31/h4-13,18,29,32-33H,14-17,19H2,1-3H3. The third-order valence-electron chi connectivity index (χ3n) is 7.32. The van der Waals surface area contributed by atoms with Crippen LogP contribution in [0.2, 0.25) is 0 Å². The SMILES string of the molecule is CC1=C(c2ccc(O)cc2)C(c2ccc(OCC[N+]3([O-])CCC(C)(C)C3)cc2)Oc2cc(O)ccc21. The van der Waals surface area contributed by atoms with Crippen LogP contribution in [-0.4, -0.2) is 41.1 Å². The second kappa shape index (κ2) is 9.19. The number of aromatic hydroxyl groups is 2. The first kappa shape index (κ1) is 24.2. The summed E-state index contributed by atoms with van der Waals surface area (Å²) in [6, 6.07) is 20.0. The highest BCUT2D eigenvalue weighted by atomic mass is 16.6. The average Bonchev–Trinajstić information content (AvgIpc) is 3.12. The molecule has 6 heteroatoms. The molecule has 0 spiro atoms. The van der Waals surface area contributed by atoms with Gasteiger partial charge in [0.15, 0.2) is 0 Å². The van der Waals surface area contributed by atoms with Crippen molar-refractivity contribution in [2.75, 3.05) is 26.2 Å². The number of hydrogen-bond donors (Lipinski definition) is 2. The van der Waals surface area contributed by atoms with Gasteiger partial charge in [0.05, 0.1) is 13.1 Å². The number of phenolic OH excluding ortho intramolecular Hbond substituents is 2. The highest BCUT2D eigenvalue weighted by molar-refractivity contribution is 5.95. The molecule has 2 N–H and O–H groups in total. The summed E-state index contributed by atoms with van der Waals surface area (Å²) in [4.78, 5) is 0. The van der Waals surface area contributed by atoms with Crippen LogP contribution in [0.5, 0.6) is 23.0 Å². The summed E-state index contributed by atoms with van der Waals surface area (Å²) in [6.45, 7) is 8.47. The van der Waals surface area contributed by atoms with Gasteiger partial charge in [-0.05, 0) is 60.0 Å². The molecule has 0 amide bonds. The number of benzene rings is 3. The molecule has 0 aliphatic carbocycles. The largest absolute Gasteiger partial charge is 0.633 e. The fraction of sp³-hybridized carbons (Fsp3) is 0.333. The van der Waals surface area contributed by atoms with Crippen LogP contribution in [0.25, 0.3) is 11.1 Å². The molecule has 188 valence electrons. The Morgan fingerprint density at radius 2 is 1.69 bits per heavy atom. The van der Waals surface area contributed by atoms with Gasteiger partial charge in [-0.2, -0.15) is 0 Å². The number of fused-ring (bicyclic) bond motifs is 1. The van der Waals surface area contributed by atoms with Crippen LogP contribution in [0, 0.1) is 10.6 Å². The number of hydroxylamine groups is 3. The summed E-state index contributed by atoms with van der Waals surface area (Å²) in [5.41, 5.74) is 4.95. The van der Waals surface area contributed by atoms with Crippen molar-refractivity contribution in [1.82, 2.24) is 0 Å². The Hall–Kier alpha value is -3.48. The van der Waals surface area contributed by atoms with Crippen molar-refractivity contribution in [3.63, 3.8) is 0 Å². The maximum absolute atomic E-state index is 12.9. The van der Waals surface area contributed by atoms with E-state index in [9.17, 15) is 15.4 Å². The van der Waals surface area contributed by atoms with Gasteiger partial charge in [-0.3, -0.25) is 0 Å². The summed E-state index contributed by atoms with van der Waals surface area (Å²) in [7, 11) is 0. The van der Waals surface area contributed by atoms with Crippen LogP contribution in [0.1, 0.15) is 50.0 Å². The van der Waals surface area contributed by atoms with Gasteiger partial charge in [0.25, 0.3) is 0 Å². The highest BCUT2D eigenvalue weighted by Gasteiger charge is 2.37. The maximum Gasteiger partial charge on any atom is 0.150 e. The van der Waals surface area contributed by atoms with Gasteiger partial charge < -0.3 is 29.5 Å². The molecule has 2 aliphatic rings. The smallest absolute Gasteiger partial charge is 0.150 e. The fourth-order valence-electron chi connectivity index (χ4n) is 5.39. The summed E-state index contributed by atoms with van der Waals surface area (Å²) < 4.78 is 12.2. The molecule has 0 bridgehead atoms. The van der Waals surface area contributed by atoms with Gasteiger partial charge >= 0.3 is 0 Å². The lowest BCUT2D eigenvalue weighted by Gasteiger charge is -2.39. The summed E-state index contributed by atoms with van der Waals surface area (Å²) in [6.07, 6.45) is 0.546. The summed E-state index contributed by atoms with van der Waals surface area (Å²) in [5, 5.41) is 32.7. The van der Waals surface area contributed by atoms with Crippen LogP contribution in [0.15, 0.2) is 66.7 Å². The topological polar surface area (TPSA) is 82.0 Å². The molecule has 36 heavy (non-hydrogen) atoms.